The van der Waals surface area contributed by atoms with Crippen LogP contribution in [0.4, 0.5) is 5.69 Å². The van der Waals surface area contributed by atoms with Crippen molar-refractivity contribution in [1.82, 2.24) is 31.6 Å². The topological polar surface area (TPSA) is 334 Å². The second kappa shape index (κ2) is 24.5. The Balaban J connectivity index is 1.04. The number of carboxylic acids is 2. The number of unbranched alkanes of at least 4 members (excludes halogenated alkanes) is 2. The molecule has 1 aromatic heterocycles. The van der Waals surface area contributed by atoms with Gasteiger partial charge in [-0.1, -0.05) is 30.7 Å². The number of aliphatic hydroxyl groups is 3. The van der Waals surface area contributed by atoms with Crippen molar-refractivity contribution in [3.63, 3.8) is 0 Å². The number of phenols is 1. The zero-order valence-electron chi connectivity index (χ0n) is 38.2. The first-order chi connectivity index (χ1) is 33.5. The standard InChI is InChI=1S/C49H58N8O12S/c1-51-45(64)36(17-19-43(62)63)56-47(66)38(21-26-25-53-35-8-5-4-7-30(26)35)57-46(65)37(16-18-41(50)60)55-42(61)9-3-2-6-20-52-49(70)54-27-10-13-31(34(22-27)48(67)68)44-32-14-11-28(58)23-39(32)69-40-24-29(59)12-15-33(40)44/h4-5,7-8,10-15,22-25,36-38,42,45-46,51,53,55,57-58,61,64-65H,2-3,6,9,16-21H2,1H3,(H2,50,60)(H,56,66)(H,62,63)(H,67,68)(H2,52,54,70)/t36-,37-,38-,42+,45-,46-/m0/s1. The third kappa shape index (κ3) is 14.1. The Morgan fingerprint density at radius 3 is 2.31 bits per heavy atom. The number of H-pyrrole nitrogens is 1. The summed E-state index contributed by atoms with van der Waals surface area (Å²) in [6, 6.07) is 17.8. The lowest BCUT2D eigenvalue weighted by molar-refractivity contribution is -0.138. The summed E-state index contributed by atoms with van der Waals surface area (Å²) < 4.78 is 5.91. The maximum atomic E-state index is 13.9. The van der Waals surface area contributed by atoms with Crippen LogP contribution in [0.2, 0.25) is 0 Å². The van der Waals surface area contributed by atoms with E-state index in [2.05, 4.69) is 36.9 Å². The molecule has 0 fully saturated rings. The molecule has 0 saturated heterocycles. The van der Waals surface area contributed by atoms with E-state index in [1.807, 2.05) is 24.3 Å². The van der Waals surface area contributed by atoms with Gasteiger partial charge in [0.05, 0.1) is 17.6 Å². The van der Waals surface area contributed by atoms with Gasteiger partial charge in [0.1, 0.15) is 35.8 Å². The quantitative estimate of drug-likeness (QED) is 0.0161. The van der Waals surface area contributed by atoms with Crippen molar-refractivity contribution in [3.8, 4) is 28.2 Å². The fourth-order valence-corrected chi connectivity index (χ4v) is 8.51. The number of aliphatic hydroxyl groups excluding tert-OH is 3. The molecule has 2 heterocycles. The van der Waals surface area contributed by atoms with E-state index in [0.717, 1.165) is 16.5 Å². The van der Waals surface area contributed by atoms with Crippen LogP contribution >= 0.6 is 12.2 Å². The molecule has 2 amide bonds. The second-order valence-corrected chi connectivity index (χ2v) is 17.3. The van der Waals surface area contributed by atoms with E-state index in [4.69, 9.17) is 22.4 Å². The highest BCUT2D eigenvalue weighted by Crippen LogP contribution is 2.42. The van der Waals surface area contributed by atoms with Gasteiger partial charge in [-0.3, -0.25) is 35.1 Å². The fraction of sp³-hybridized carbons (Fsp3) is 0.347. The molecule has 20 nitrogen and oxygen atoms in total. The SMILES string of the molecule is CN[C@@H](O)[C@H](CCC(=O)O)NC(=O)[C@H](Cc1c[nH]c2ccccc12)N[C@@H](O)[C@H](CCC(N)=O)N[C@H](O)CCCCCNC(=S)Nc1ccc(-c2c3ccc(=O)cc-3oc3cc(O)ccc23)c(C(=O)O)c1. The minimum absolute atomic E-state index is 0.00225. The molecule has 6 rings (SSSR count). The number of thiocarbonyl (C=S) groups is 1. The number of fused-ring (bicyclic) bond motifs is 3. The highest BCUT2D eigenvalue weighted by Gasteiger charge is 2.31. The number of primary amides is 1. The van der Waals surface area contributed by atoms with Gasteiger partial charge in [0, 0.05) is 76.9 Å². The molecule has 0 saturated carbocycles. The number of aromatic carboxylic acids is 1. The molecule has 3 aromatic carbocycles. The lowest BCUT2D eigenvalue weighted by Gasteiger charge is -2.31. The number of hydrogen-bond donors (Lipinski definition) is 14. The van der Waals surface area contributed by atoms with E-state index < -0.39 is 60.6 Å². The van der Waals surface area contributed by atoms with Crippen molar-refractivity contribution < 1.29 is 54.2 Å². The summed E-state index contributed by atoms with van der Waals surface area (Å²) in [6.07, 6.45) is -0.634. The number of aromatic nitrogens is 1. The third-order valence-corrected chi connectivity index (χ3v) is 12.1. The maximum Gasteiger partial charge on any atom is 0.336 e. The number of carbonyl (C=O) groups excluding carboxylic acids is 2. The molecule has 2 aliphatic rings. The minimum Gasteiger partial charge on any atom is -0.508 e. The number of aromatic amines is 1. The van der Waals surface area contributed by atoms with Gasteiger partial charge in [0.2, 0.25) is 11.8 Å². The third-order valence-electron chi connectivity index (χ3n) is 11.8. The van der Waals surface area contributed by atoms with Crippen LogP contribution in [-0.4, -0.2) is 115 Å². The van der Waals surface area contributed by atoms with Crippen molar-refractivity contribution in [1.29, 1.82) is 0 Å². The molecule has 15 N–H and O–H groups in total. The normalized spacial score (nSPS) is 14.1. The average Bonchev–Trinajstić information content (AvgIpc) is 3.73. The summed E-state index contributed by atoms with van der Waals surface area (Å²) in [7, 11) is 1.46. The first-order valence-electron chi connectivity index (χ1n) is 22.7. The molecule has 1 aliphatic heterocycles. The average molecular weight is 983 g/mol. The number of amides is 2. The Labute approximate surface area is 407 Å². The van der Waals surface area contributed by atoms with Gasteiger partial charge < -0.3 is 61.7 Å². The lowest BCUT2D eigenvalue weighted by atomic mass is 9.90. The van der Waals surface area contributed by atoms with Crippen molar-refractivity contribution in [2.45, 2.75) is 94.6 Å². The van der Waals surface area contributed by atoms with Gasteiger partial charge in [-0.25, -0.2) is 4.79 Å². The molecule has 21 heteroatoms. The molecular formula is C49H58N8O12S. The van der Waals surface area contributed by atoms with Gasteiger partial charge in [-0.15, -0.1) is 0 Å². The second-order valence-electron chi connectivity index (χ2n) is 16.9. The van der Waals surface area contributed by atoms with Crippen molar-refractivity contribution in [3.05, 3.63) is 106 Å². The minimum atomic E-state index is -1.50. The first kappa shape index (κ1) is 52.4. The summed E-state index contributed by atoms with van der Waals surface area (Å²) >= 11 is 5.50. The number of benzene rings is 4. The molecule has 70 heavy (non-hydrogen) atoms. The predicted molar refractivity (Wildman–Crippen MR) is 266 cm³/mol. The Hall–Kier alpha value is -6.98. The molecule has 0 unspecified atom stereocenters. The van der Waals surface area contributed by atoms with Crippen LogP contribution in [0, 0.1) is 0 Å². The Kier molecular flexibility index (Phi) is 18.4. The highest BCUT2D eigenvalue weighted by molar-refractivity contribution is 7.80. The summed E-state index contributed by atoms with van der Waals surface area (Å²) in [5, 5.41) is 81.8. The van der Waals surface area contributed by atoms with E-state index in [9.17, 15) is 54.6 Å². The molecule has 0 radical (unpaired) electrons. The number of likely N-dealkylation sites (N-methyl/N-ethyl adjacent to an activating group) is 1. The Morgan fingerprint density at radius 2 is 1.57 bits per heavy atom. The number of para-hydroxylation sites is 1. The number of carbonyl (C=O) groups is 4. The monoisotopic (exact) mass is 982 g/mol. The van der Waals surface area contributed by atoms with E-state index in [-0.39, 0.29) is 71.7 Å². The van der Waals surface area contributed by atoms with Crippen molar-refractivity contribution in [2.24, 2.45) is 5.73 Å². The van der Waals surface area contributed by atoms with Crippen LogP contribution < -0.4 is 43.1 Å². The smallest absolute Gasteiger partial charge is 0.336 e. The van der Waals surface area contributed by atoms with Crippen molar-refractivity contribution >= 4 is 68.6 Å². The number of aliphatic carboxylic acids is 1. The zero-order valence-corrected chi connectivity index (χ0v) is 39.1. The number of aromatic hydroxyl groups is 1. The van der Waals surface area contributed by atoms with Crippen LogP contribution in [0.15, 0.2) is 94.3 Å². The number of nitrogens with one attached hydrogen (secondary N) is 7. The van der Waals surface area contributed by atoms with Crippen LogP contribution in [-0.2, 0) is 20.8 Å². The van der Waals surface area contributed by atoms with Gasteiger partial charge in [0.25, 0.3) is 0 Å². The summed E-state index contributed by atoms with van der Waals surface area (Å²) in [5.41, 5.74) is 8.70. The fourth-order valence-electron chi connectivity index (χ4n) is 8.29. The van der Waals surface area contributed by atoms with E-state index in [1.165, 1.54) is 37.4 Å². The molecule has 4 aromatic rings. The molecule has 372 valence electrons. The molecule has 0 spiro atoms. The number of rotatable bonds is 26. The summed E-state index contributed by atoms with van der Waals surface area (Å²) in [5.74, 6) is -3.43. The molecule has 0 bridgehead atoms. The Bertz CT molecular complexity index is 2840. The van der Waals surface area contributed by atoms with Gasteiger partial charge >= 0.3 is 11.9 Å². The lowest BCUT2D eigenvalue weighted by Crippen LogP contribution is -2.60. The number of anilines is 1. The summed E-state index contributed by atoms with van der Waals surface area (Å²) in [4.78, 5) is 65.1. The maximum absolute atomic E-state index is 13.9. The molecule has 6 atom stereocenters. The number of nitrogens with two attached hydrogens (primary N) is 1. The van der Waals surface area contributed by atoms with E-state index in [0.29, 0.717) is 53.6 Å². The first-order valence-corrected chi connectivity index (χ1v) is 23.1. The van der Waals surface area contributed by atoms with Crippen LogP contribution in [0.1, 0.15) is 67.3 Å². The predicted octanol–water partition coefficient (Wildman–Crippen LogP) is 3.25. The van der Waals surface area contributed by atoms with Crippen LogP contribution in [0.25, 0.3) is 44.3 Å². The van der Waals surface area contributed by atoms with E-state index in [1.54, 1.807) is 30.5 Å². The van der Waals surface area contributed by atoms with Gasteiger partial charge in [-0.2, -0.15) is 0 Å². The molecule has 1 aliphatic carbocycles. The van der Waals surface area contributed by atoms with E-state index >= 15 is 0 Å². The summed E-state index contributed by atoms with van der Waals surface area (Å²) in [6.45, 7) is 0.436. The van der Waals surface area contributed by atoms with Crippen LogP contribution in [0.5, 0.6) is 5.75 Å². The zero-order chi connectivity index (χ0) is 50.5. The van der Waals surface area contributed by atoms with Gasteiger partial charge in [-0.05, 0) is 111 Å². The Morgan fingerprint density at radius 1 is 0.814 bits per heavy atom. The largest absolute Gasteiger partial charge is 0.508 e. The highest BCUT2D eigenvalue weighted by atomic mass is 32.1. The van der Waals surface area contributed by atoms with Crippen molar-refractivity contribution in [2.75, 3.05) is 18.9 Å². The number of phenolic OH excluding ortho intramolecular Hbond substituents is 1. The number of carboxylic acid groups (broad SMARTS) is 2. The van der Waals surface area contributed by atoms with Gasteiger partial charge in [0.15, 0.2) is 10.5 Å². The molecular weight excluding hydrogens is 925 g/mol. The van der Waals surface area contributed by atoms with Crippen LogP contribution in [0.3, 0.4) is 0 Å². The number of hydrogen-bond acceptors (Lipinski definition) is 14.